The lowest BCUT2D eigenvalue weighted by Gasteiger charge is -2.31. The number of ether oxygens (including phenoxy) is 2. The number of hydrogen-bond acceptors (Lipinski definition) is 6. The van der Waals surface area contributed by atoms with Crippen LogP contribution < -0.4 is 4.74 Å². The van der Waals surface area contributed by atoms with Crippen LogP contribution in [-0.2, 0) is 14.3 Å². The second kappa shape index (κ2) is 9.50. The first-order valence-corrected chi connectivity index (χ1v) is 10.5. The van der Waals surface area contributed by atoms with Crippen molar-refractivity contribution < 1.29 is 28.6 Å². The molecule has 0 spiro atoms. The Morgan fingerprint density at radius 1 is 1.12 bits per heavy atom. The van der Waals surface area contributed by atoms with Crippen molar-refractivity contribution in [2.24, 2.45) is 0 Å². The van der Waals surface area contributed by atoms with Crippen molar-refractivity contribution in [1.82, 2.24) is 9.80 Å². The molecule has 4 rings (SSSR count). The lowest BCUT2D eigenvalue weighted by Crippen LogP contribution is -2.42. The predicted molar refractivity (Wildman–Crippen MR) is 116 cm³/mol. The number of aliphatic hydroxyl groups excluding tert-OH is 1. The number of likely N-dealkylation sites (tertiary alicyclic amines) is 1. The Morgan fingerprint density at radius 3 is 2.53 bits per heavy atom. The molecule has 0 radical (unpaired) electrons. The van der Waals surface area contributed by atoms with E-state index < -0.39 is 29.3 Å². The first-order chi connectivity index (χ1) is 15.5. The number of rotatable bonds is 6. The highest BCUT2D eigenvalue weighted by molar-refractivity contribution is 6.46. The van der Waals surface area contributed by atoms with Gasteiger partial charge >= 0.3 is 0 Å². The lowest BCUT2D eigenvalue weighted by atomic mass is 9.95. The summed E-state index contributed by atoms with van der Waals surface area (Å²) >= 11 is 0. The van der Waals surface area contributed by atoms with Gasteiger partial charge in [0.05, 0.1) is 37.5 Å². The monoisotopic (exact) mass is 440 g/mol. The van der Waals surface area contributed by atoms with Crippen LogP contribution in [0.15, 0.2) is 54.1 Å². The molecule has 8 heteroatoms. The topological polar surface area (TPSA) is 79.3 Å². The molecule has 0 saturated carbocycles. The van der Waals surface area contributed by atoms with Gasteiger partial charge in [0.25, 0.3) is 11.7 Å². The molecule has 2 aliphatic heterocycles. The highest BCUT2D eigenvalue weighted by Gasteiger charge is 2.46. The summed E-state index contributed by atoms with van der Waals surface area (Å²) in [5.74, 6) is -2.34. The van der Waals surface area contributed by atoms with E-state index in [1.165, 1.54) is 24.1 Å². The Balaban J connectivity index is 1.76. The average molecular weight is 440 g/mol. The SMILES string of the molecule is COc1ccc(F)cc1/C(O)=C1\C(=O)C(=O)N(CCN2CCOCC2)[C@@H]1c1ccccc1. The molecule has 2 saturated heterocycles. The number of carbonyl (C=O) groups is 2. The zero-order valence-electron chi connectivity index (χ0n) is 17.8. The standard InChI is InChI=1S/C24H25FN2O5/c1-31-19-8-7-17(25)15-18(19)22(28)20-21(16-5-3-2-4-6-16)27(24(30)23(20)29)10-9-26-11-13-32-14-12-26/h2-8,15,21,28H,9-14H2,1H3/b22-20+/t21-/m1/s1. The van der Waals surface area contributed by atoms with E-state index in [9.17, 15) is 19.1 Å². The van der Waals surface area contributed by atoms with Crippen molar-refractivity contribution in [3.05, 3.63) is 71.0 Å². The Hall–Kier alpha value is -3.23. The fourth-order valence-electron chi connectivity index (χ4n) is 4.18. The molecule has 1 amide bonds. The van der Waals surface area contributed by atoms with Gasteiger partial charge in [-0.2, -0.15) is 0 Å². The van der Waals surface area contributed by atoms with Gasteiger partial charge in [0.15, 0.2) is 0 Å². The van der Waals surface area contributed by atoms with Gasteiger partial charge in [0.2, 0.25) is 0 Å². The van der Waals surface area contributed by atoms with Crippen LogP contribution >= 0.6 is 0 Å². The molecule has 1 N–H and O–H groups in total. The van der Waals surface area contributed by atoms with E-state index in [2.05, 4.69) is 4.90 Å². The van der Waals surface area contributed by atoms with Crippen LogP contribution in [-0.4, -0.2) is 73.1 Å². The number of benzene rings is 2. The van der Waals surface area contributed by atoms with Gasteiger partial charge in [-0.25, -0.2) is 4.39 Å². The third-order valence-corrected chi connectivity index (χ3v) is 5.83. The third kappa shape index (κ3) is 4.24. The quantitative estimate of drug-likeness (QED) is 0.423. The van der Waals surface area contributed by atoms with Gasteiger partial charge in [0, 0.05) is 26.2 Å². The van der Waals surface area contributed by atoms with Crippen LogP contribution in [0.25, 0.3) is 5.76 Å². The molecule has 0 aromatic heterocycles. The first-order valence-electron chi connectivity index (χ1n) is 10.5. The molecule has 168 valence electrons. The Morgan fingerprint density at radius 2 is 1.84 bits per heavy atom. The second-order valence-corrected chi connectivity index (χ2v) is 7.70. The molecule has 2 fully saturated rings. The van der Waals surface area contributed by atoms with Crippen molar-refractivity contribution in [2.75, 3.05) is 46.5 Å². The number of ketones is 1. The molecule has 2 aromatic rings. The number of amides is 1. The van der Waals surface area contributed by atoms with Crippen LogP contribution in [0.1, 0.15) is 17.2 Å². The molecule has 1 atom stereocenters. The van der Waals surface area contributed by atoms with Crippen LogP contribution in [0.5, 0.6) is 5.75 Å². The number of morpholine rings is 1. The lowest BCUT2D eigenvalue weighted by molar-refractivity contribution is -0.140. The Bertz CT molecular complexity index is 1030. The summed E-state index contributed by atoms with van der Waals surface area (Å²) in [6.45, 7) is 3.63. The zero-order chi connectivity index (χ0) is 22.7. The Kier molecular flexibility index (Phi) is 6.53. The summed E-state index contributed by atoms with van der Waals surface area (Å²) in [7, 11) is 1.39. The van der Waals surface area contributed by atoms with Crippen LogP contribution in [0, 0.1) is 5.82 Å². The van der Waals surface area contributed by atoms with E-state index in [1.807, 2.05) is 6.07 Å². The fraction of sp³-hybridized carbons (Fsp3) is 0.333. The summed E-state index contributed by atoms with van der Waals surface area (Å²) in [6, 6.07) is 11.9. The van der Waals surface area contributed by atoms with Crippen molar-refractivity contribution >= 4 is 17.4 Å². The van der Waals surface area contributed by atoms with Crippen molar-refractivity contribution in [1.29, 1.82) is 0 Å². The zero-order valence-corrected chi connectivity index (χ0v) is 17.8. The van der Waals surface area contributed by atoms with E-state index in [0.717, 1.165) is 19.2 Å². The van der Waals surface area contributed by atoms with Crippen molar-refractivity contribution in [2.45, 2.75) is 6.04 Å². The highest BCUT2D eigenvalue weighted by atomic mass is 19.1. The molecule has 0 aliphatic carbocycles. The molecule has 2 heterocycles. The second-order valence-electron chi connectivity index (χ2n) is 7.70. The van der Waals surface area contributed by atoms with Gasteiger partial charge in [-0.15, -0.1) is 0 Å². The minimum absolute atomic E-state index is 0.0274. The van der Waals surface area contributed by atoms with Crippen LogP contribution in [0.2, 0.25) is 0 Å². The number of nitrogens with zero attached hydrogens (tertiary/aromatic N) is 2. The summed E-state index contributed by atoms with van der Waals surface area (Å²) < 4.78 is 24.6. The summed E-state index contributed by atoms with van der Waals surface area (Å²) in [5.41, 5.74) is 0.636. The maximum atomic E-state index is 14.0. The van der Waals surface area contributed by atoms with Gasteiger partial charge in [0.1, 0.15) is 17.3 Å². The number of carbonyl (C=O) groups excluding carboxylic acids is 2. The van der Waals surface area contributed by atoms with Crippen molar-refractivity contribution in [3.63, 3.8) is 0 Å². The molecule has 0 unspecified atom stereocenters. The minimum Gasteiger partial charge on any atom is -0.507 e. The largest absolute Gasteiger partial charge is 0.507 e. The Labute approximate surface area is 185 Å². The number of aliphatic hydroxyl groups is 1. The maximum Gasteiger partial charge on any atom is 0.295 e. The normalized spacial score (nSPS) is 21.2. The van der Waals surface area contributed by atoms with Gasteiger partial charge in [-0.3, -0.25) is 14.5 Å². The molecule has 2 aromatic carbocycles. The van der Waals surface area contributed by atoms with Crippen molar-refractivity contribution in [3.8, 4) is 5.75 Å². The molecule has 0 bridgehead atoms. The van der Waals surface area contributed by atoms with Gasteiger partial charge in [-0.05, 0) is 23.8 Å². The number of methoxy groups -OCH3 is 1. The van der Waals surface area contributed by atoms with Gasteiger partial charge in [-0.1, -0.05) is 30.3 Å². The molecule has 32 heavy (non-hydrogen) atoms. The molecular weight excluding hydrogens is 415 g/mol. The van der Waals surface area contributed by atoms with Gasteiger partial charge < -0.3 is 19.5 Å². The average Bonchev–Trinajstić information content (AvgIpc) is 3.08. The van der Waals surface area contributed by atoms with E-state index in [0.29, 0.717) is 31.9 Å². The number of Topliss-reactive ketones (excluding diaryl/α,β-unsaturated/α-hetero) is 1. The van der Waals surface area contributed by atoms with E-state index in [-0.39, 0.29) is 16.9 Å². The van der Waals surface area contributed by atoms with Crippen LogP contribution in [0.3, 0.4) is 0 Å². The van der Waals surface area contributed by atoms with E-state index in [1.54, 1.807) is 24.3 Å². The predicted octanol–water partition coefficient (Wildman–Crippen LogP) is 2.59. The number of halogens is 1. The summed E-state index contributed by atoms with van der Waals surface area (Å²) in [5, 5.41) is 11.1. The molecule has 7 nitrogen and oxygen atoms in total. The molecular formula is C24H25FN2O5. The van der Waals surface area contributed by atoms with E-state index >= 15 is 0 Å². The van der Waals surface area contributed by atoms with E-state index in [4.69, 9.17) is 9.47 Å². The highest BCUT2D eigenvalue weighted by Crippen LogP contribution is 2.40. The smallest absolute Gasteiger partial charge is 0.295 e. The third-order valence-electron chi connectivity index (χ3n) is 5.83. The molecule has 2 aliphatic rings. The maximum absolute atomic E-state index is 14.0. The summed E-state index contributed by atoms with van der Waals surface area (Å²) in [6.07, 6.45) is 0. The first kappa shape index (κ1) is 22.0. The fourth-order valence-corrected chi connectivity index (χ4v) is 4.18. The minimum atomic E-state index is -0.801. The van der Waals surface area contributed by atoms with Crippen LogP contribution in [0.4, 0.5) is 4.39 Å². The summed E-state index contributed by atoms with van der Waals surface area (Å²) in [4.78, 5) is 29.7. The number of hydrogen-bond donors (Lipinski definition) is 1.